The van der Waals surface area contributed by atoms with Crippen LogP contribution in [0.5, 0.6) is 17.2 Å². The Morgan fingerprint density at radius 3 is 2.39 bits per heavy atom. The van der Waals surface area contributed by atoms with Crippen LogP contribution in [0.25, 0.3) is 0 Å². The lowest BCUT2D eigenvalue weighted by molar-refractivity contribution is -0.123. The molecule has 0 fully saturated rings. The zero-order valence-electron chi connectivity index (χ0n) is 19.4. The van der Waals surface area contributed by atoms with Gasteiger partial charge in [-0.2, -0.15) is 0 Å². The first-order valence-corrected chi connectivity index (χ1v) is 11.1. The summed E-state index contributed by atoms with van der Waals surface area (Å²) >= 11 is 0. The SMILES string of the molecule is COc1cc2c(c(OC)c1OC)C1(NCC2)C(=O)N(Cc2ccc(C)cc2)c2ccccc21. The first kappa shape index (κ1) is 21.3. The van der Waals surface area contributed by atoms with Gasteiger partial charge < -0.3 is 19.1 Å². The number of benzene rings is 3. The molecule has 33 heavy (non-hydrogen) atoms. The van der Waals surface area contributed by atoms with Crippen LogP contribution in [-0.2, 0) is 23.3 Å². The van der Waals surface area contributed by atoms with Crippen LogP contribution in [0.4, 0.5) is 5.69 Å². The van der Waals surface area contributed by atoms with E-state index >= 15 is 0 Å². The molecule has 2 aliphatic rings. The second-order valence-corrected chi connectivity index (χ2v) is 8.50. The molecule has 0 saturated carbocycles. The molecular weight excluding hydrogens is 416 g/mol. The molecule has 0 aliphatic carbocycles. The highest BCUT2D eigenvalue weighted by molar-refractivity contribution is 6.11. The summed E-state index contributed by atoms with van der Waals surface area (Å²) in [4.78, 5) is 16.2. The lowest BCUT2D eigenvalue weighted by Crippen LogP contribution is -2.55. The Morgan fingerprint density at radius 1 is 0.970 bits per heavy atom. The second-order valence-electron chi connectivity index (χ2n) is 8.50. The van der Waals surface area contributed by atoms with Crippen molar-refractivity contribution in [2.45, 2.75) is 25.4 Å². The highest BCUT2D eigenvalue weighted by atomic mass is 16.5. The van der Waals surface area contributed by atoms with Crippen LogP contribution in [0.1, 0.15) is 27.8 Å². The van der Waals surface area contributed by atoms with Gasteiger partial charge in [0.1, 0.15) is 0 Å². The number of hydrogen-bond donors (Lipinski definition) is 1. The predicted molar refractivity (Wildman–Crippen MR) is 127 cm³/mol. The molecule has 2 heterocycles. The summed E-state index contributed by atoms with van der Waals surface area (Å²) < 4.78 is 17.1. The average Bonchev–Trinajstić information content (AvgIpc) is 3.07. The normalized spacial score (nSPS) is 18.8. The van der Waals surface area contributed by atoms with Crippen LogP contribution >= 0.6 is 0 Å². The van der Waals surface area contributed by atoms with Gasteiger partial charge in [0.25, 0.3) is 5.91 Å². The molecule has 6 nitrogen and oxygen atoms in total. The molecule has 1 atom stereocenters. The Labute approximate surface area is 194 Å². The van der Waals surface area contributed by atoms with Crippen molar-refractivity contribution in [1.82, 2.24) is 5.32 Å². The lowest BCUT2D eigenvalue weighted by Gasteiger charge is -2.38. The Kier molecular flexibility index (Phi) is 5.25. The number of amides is 1. The van der Waals surface area contributed by atoms with E-state index in [1.54, 1.807) is 21.3 Å². The quantitative estimate of drug-likeness (QED) is 0.646. The Morgan fingerprint density at radius 2 is 1.70 bits per heavy atom. The Hall–Kier alpha value is -3.51. The number of nitrogens with zero attached hydrogens (tertiary/aromatic N) is 1. The minimum atomic E-state index is -1.06. The van der Waals surface area contributed by atoms with Gasteiger partial charge in [-0.05, 0) is 36.6 Å². The van der Waals surface area contributed by atoms with Crippen molar-refractivity contribution in [1.29, 1.82) is 0 Å². The number of fused-ring (bicyclic) bond motifs is 4. The van der Waals surface area contributed by atoms with Crippen LogP contribution in [0.3, 0.4) is 0 Å². The highest BCUT2D eigenvalue weighted by Crippen LogP contribution is 2.54. The molecule has 0 saturated heterocycles. The number of methoxy groups -OCH3 is 3. The third-order valence-electron chi connectivity index (χ3n) is 6.70. The summed E-state index contributed by atoms with van der Waals surface area (Å²) in [7, 11) is 4.80. The van der Waals surface area contributed by atoms with Crippen LogP contribution in [0, 0.1) is 6.92 Å². The van der Waals surface area contributed by atoms with Crippen molar-refractivity contribution in [3.63, 3.8) is 0 Å². The van der Waals surface area contributed by atoms with Crippen molar-refractivity contribution >= 4 is 11.6 Å². The van der Waals surface area contributed by atoms with Gasteiger partial charge in [-0.25, -0.2) is 0 Å². The molecular formula is C27H28N2O4. The number of hydrogen-bond acceptors (Lipinski definition) is 5. The second kappa shape index (κ2) is 8.12. The van der Waals surface area contributed by atoms with E-state index in [-0.39, 0.29) is 5.91 Å². The van der Waals surface area contributed by atoms with Gasteiger partial charge in [0.15, 0.2) is 17.0 Å². The minimum absolute atomic E-state index is 0.0178. The monoisotopic (exact) mass is 444 g/mol. The van der Waals surface area contributed by atoms with Gasteiger partial charge in [-0.3, -0.25) is 10.1 Å². The smallest absolute Gasteiger partial charge is 0.257 e. The van der Waals surface area contributed by atoms with E-state index in [4.69, 9.17) is 14.2 Å². The van der Waals surface area contributed by atoms with Crippen LogP contribution in [0.2, 0.25) is 0 Å². The number of anilines is 1. The van der Waals surface area contributed by atoms with Gasteiger partial charge >= 0.3 is 0 Å². The Bertz CT molecular complexity index is 1220. The first-order valence-electron chi connectivity index (χ1n) is 11.1. The van der Waals surface area contributed by atoms with Crippen LogP contribution < -0.4 is 24.4 Å². The molecule has 5 rings (SSSR count). The van der Waals surface area contributed by atoms with E-state index in [0.29, 0.717) is 30.3 Å². The van der Waals surface area contributed by atoms with E-state index < -0.39 is 5.54 Å². The minimum Gasteiger partial charge on any atom is -0.493 e. The molecule has 3 aromatic carbocycles. The molecule has 0 radical (unpaired) electrons. The van der Waals surface area contributed by atoms with Crippen molar-refractivity contribution in [2.24, 2.45) is 0 Å². The lowest BCUT2D eigenvalue weighted by atomic mass is 9.77. The first-order chi connectivity index (χ1) is 16.0. The number of ether oxygens (including phenoxy) is 3. The number of nitrogens with one attached hydrogen (secondary N) is 1. The summed E-state index contributed by atoms with van der Waals surface area (Å²) in [6, 6.07) is 18.3. The summed E-state index contributed by atoms with van der Waals surface area (Å²) in [5.41, 5.74) is 4.86. The number of carbonyl (C=O) groups is 1. The molecule has 0 bridgehead atoms. The zero-order valence-corrected chi connectivity index (χ0v) is 19.4. The third kappa shape index (κ3) is 3.09. The Balaban J connectivity index is 1.73. The van der Waals surface area contributed by atoms with E-state index in [1.807, 2.05) is 35.2 Å². The largest absolute Gasteiger partial charge is 0.493 e. The molecule has 3 aromatic rings. The topological polar surface area (TPSA) is 60.0 Å². The predicted octanol–water partition coefficient (Wildman–Crippen LogP) is 3.96. The van der Waals surface area contributed by atoms with Gasteiger partial charge in [-0.15, -0.1) is 0 Å². The van der Waals surface area contributed by atoms with E-state index in [2.05, 4.69) is 36.5 Å². The number of para-hydroxylation sites is 1. The maximum atomic E-state index is 14.3. The number of rotatable bonds is 5. The molecule has 0 aromatic heterocycles. The molecule has 6 heteroatoms. The zero-order chi connectivity index (χ0) is 23.2. The van der Waals surface area contributed by atoms with Crippen molar-refractivity contribution in [3.8, 4) is 17.2 Å². The maximum Gasteiger partial charge on any atom is 0.257 e. The van der Waals surface area contributed by atoms with E-state index in [0.717, 1.165) is 34.4 Å². The summed E-state index contributed by atoms with van der Waals surface area (Å²) in [6.07, 6.45) is 0.751. The van der Waals surface area contributed by atoms with Crippen LogP contribution in [-0.4, -0.2) is 33.8 Å². The molecule has 1 N–H and O–H groups in total. The molecule has 1 unspecified atom stereocenters. The molecule has 2 aliphatic heterocycles. The maximum absolute atomic E-state index is 14.3. The van der Waals surface area contributed by atoms with E-state index in [9.17, 15) is 4.79 Å². The van der Waals surface area contributed by atoms with Gasteiger partial charge in [0.2, 0.25) is 5.75 Å². The number of aryl methyl sites for hydroxylation is 1. The van der Waals surface area contributed by atoms with Gasteiger partial charge in [0.05, 0.1) is 33.6 Å². The highest BCUT2D eigenvalue weighted by Gasteiger charge is 2.56. The van der Waals surface area contributed by atoms with Crippen molar-refractivity contribution in [2.75, 3.05) is 32.8 Å². The molecule has 1 spiro atoms. The standard InChI is InChI=1S/C27H28N2O4/c1-17-9-11-18(12-10-17)16-29-21-8-6-5-7-20(21)27(26(29)30)23-19(13-14-28-27)15-22(31-2)24(32-3)25(23)33-4/h5-12,15,28H,13-14,16H2,1-4H3. The van der Waals surface area contributed by atoms with Crippen molar-refractivity contribution < 1.29 is 19.0 Å². The van der Waals surface area contributed by atoms with Gasteiger partial charge in [-0.1, -0.05) is 48.0 Å². The van der Waals surface area contributed by atoms with E-state index in [1.165, 1.54) is 5.56 Å². The third-order valence-corrected chi connectivity index (χ3v) is 6.70. The fourth-order valence-corrected chi connectivity index (χ4v) is 5.19. The average molecular weight is 445 g/mol. The van der Waals surface area contributed by atoms with Crippen molar-refractivity contribution in [3.05, 3.63) is 82.4 Å². The van der Waals surface area contributed by atoms with Crippen LogP contribution in [0.15, 0.2) is 54.6 Å². The number of carbonyl (C=O) groups excluding carboxylic acids is 1. The summed E-state index contributed by atoms with van der Waals surface area (Å²) in [5.74, 6) is 1.60. The molecule has 170 valence electrons. The summed E-state index contributed by atoms with van der Waals surface area (Å²) in [5, 5.41) is 3.58. The summed E-state index contributed by atoms with van der Waals surface area (Å²) in [6.45, 7) is 3.21. The fraction of sp³-hybridized carbons (Fsp3) is 0.296. The fourth-order valence-electron chi connectivity index (χ4n) is 5.19. The molecule has 1 amide bonds. The van der Waals surface area contributed by atoms with Gasteiger partial charge in [0, 0.05) is 17.7 Å².